The van der Waals surface area contributed by atoms with Crippen LogP contribution >= 0.6 is 0 Å². The maximum absolute atomic E-state index is 12.3. The lowest BCUT2D eigenvalue weighted by molar-refractivity contribution is -0.116. The summed E-state index contributed by atoms with van der Waals surface area (Å²) in [6.07, 6.45) is 5.62. The molecule has 0 fully saturated rings. The second-order valence-corrected chi connectivity index (χ2v) is 7.01. The van der Waals surface area contributed by atoms with Gasteiger partial charge in [-0.05, 0) is 30.7 Å². The molecule has 0 aliphatic rings. The minimum absolute atomic E-state index is 0.0720. The molecule has 7 heteroatoms. The number of carbonyl (C=O) groups is 1. The molecule has 1 amide bonds. The number of nitrogens with one attached hydrogen (secondary N) is 1. The third kappa shape index (κ3) is 4.45. The number of aromatic nitrogens is 4. The summed E-state index contributed by atoms with van der Waals surface area (Å²) < 4.78 is 8.88. The highest BCUT2D eigenvalue weighted by atomic mass is 16.5. The lowest BCUT2D eigenvalue weighted by Crippen LogP contribution is -2.14. The van der Waals surface area contributed by atoms with Gasteiger partial charge in [0.2, 0.25) is 5.91 Å². The van der Waals surface area contributed by atoms with Crippen LogP contribution in [0.3, 0.4) is 0 Å². The van der Waals surface area contributed by atoms with Crippen LogP contribution in [0.2, 0.25) is 0 Å². The highest BCUT2D eigenvalue weighted by Crippen LogP contribution is 2.20. The van der Waals surface area contributed by atoms with Crippen LogP contribution in [0.15, 0.2) is 61.1 Å². The largest absolute Gasteiger partial charge is 0.497 e. The summed E-state index contributed by atoms with van der Waals surface area (Å²) in [6, 6.07) is 14.1. The average Bonchev–Trinajstić information content (AvgIpc) is 3.32. The van der Waals surface area contributed by atoms with E-state index in [1.54, 1.807) is 19.5 Å². The Labute approximate surface area is 168 Å². The van der Waals surface area contributed by atoms with E-state index in [4.69, 9.17) is 4.74 Å². The van der Waals surface area contributed by atoms with Gasteiger partial charge in [0.1, 0.15) is 5.75 Å². The summed E-state index contributed by atoms with van der Waals surface area (Å²) in [4.78, 5) is 12.3. The molecule has 0 spiro atoms. The maximum atomic E-state index is 12.3. The van der Waals surface area contributed by atoms with Crippen LogP contribution < -0.4 is 10.1 Å². The molecule has 7 nitrogen and oxygen atoms in total. The highest BCUT2D eigenvalue weighted by molar-refractivity contribution is 5.90. The monoisotopic (exact) mass is 389 g/mol. The molecule has 0 atom stereocenters. The molecular formula is C22H23N5O2. The molecule has 0 radical (unpaired) electrons. The van der Waals surface area contributed by atoms with E-state index in [0.717, 1.165) is 16.7 Å². The number of benzene rings is 2. The number of anilines is 1. The van der Waals surface area contributed by atoms with E-state index in [9.17, 15) is 4.79 Å². The Morgan fingerprint density at radius 1 is 1.14 bits per heavy atom. The van der Waals surface area contributed by atoms with Gasteiger partial charge in [-0.3, -0.25) is 14.2 Å². The topological polar surface area (TPSA) is 74.0 Å². The lowest BCUT2D eigenvalue weighted by atomic mass is 10.1. The van der Waals surface area contributed by atoms with Crippen molar-refractivity contribution in [1.82, 2.24) is 19.6 Å². The van der Waals surface area contributed by atoms with Gasteiger partial charge in [-0.15, -0.1) is 0 Å². The van der Waals surface area contributed by atoms with Crippen LogP contribution in [0.1, 0.15) is 17.5 Å². The molecule has 0 aliphatic heterocycles. The summed E-state index contributed by atoms with van der Waals surface area (Å²) in [5.41, 5.74) is 4.06. The molecule has 2 aromatic heterocycles. The van der Waals surface area contributed by atoms with Crippen molar-refractivity contribution in [2.45, 2.75) is 26.4 Å². The molecule has 0 bridgehead atoms. The molecule has 4 aromatic rings. The van der Waals surface area contributed by atoms with Crippen molar-refractivity contribution < 1.29 is 9.53 Å². The SMILES string of the molecule is COc1ccc2c(cnn2CCC(=O)Nc2cnn(Cc3cccc(C)c3)c2)c1. The van der Waals surface area contributed by atoms with Crippen molar-refractivity contribution in [2.75, 3.05) is 12.4 Å². The van der Waals surface area contributed by atoms with Gasteiger partial charge in [0.15, 0.2) is 0 Å². The number of hydrogen-bond acceptors (Lipinski definition) is 4. The summed E-state index contributed by atoms with van der Waals surface area (Å²) in [6.45, 7) is 3.23. The number of methoxy groups -OCH3 is 1. The minimum Gasteiger partial charge on any atom is -0.497 e. The number of rotatable bonds is 7. The minimum atomic E-state index is -0.0720. The molecule has 2 heterocycles. The van der Waals surface area contributed by atoms with Gasteiger partial charge in [-0.25, -0.2) is 0 Å². The fourth-order valence-electron chi connectivity index (χ4n) is 3.31. The zero-order valence-electron chi connectivity index (χ0n) is 16.5. The smallest absolute Gasteiger partial charge is 0.226 e. The van der Waals surface area contributed by atoms with E-state index >= 15 is 0 Å². The lowest BCUT2D eigenvalue weighted by Gasteiger charge is -2.05. The summed E-state index contributed by atoms with van der Waals surface area (Å²) in [7, 11) is 1.64. The first kappa shape index (κ1) is 18.7. The second kappa shape index (κ2) is 8.18. The normalized spacial score (nSPS) is 11.0. The van der Waals surface area contributed by atoms with Gasteiger partial charge in [-0.1, -0.05) is 29.8 Å². The van der Waals surface area contributed by atoms with Gasteiger partial charge >= 0.3 is 0 Å². The Bertz CT molecular complexity index is 1150. The molecule has 4 rings (SSSR count). The summed E-state index contributed by atoms with van der Waals surface area (Å²) in [5.74, 6) is 0.717. The third-order valence-corrected chi connectivity index (χ3v) is 4.74. The van der Waals surface area contributed by atoms with E-state index in [-0.39, 0.29) is 5.91 Å². The van der Waals surface area contributed by atoms with Crippen molar-refractivity contribution in [1.29, 1.82) is 0 Å². The number of nitrogens with zero attached hydrogens (tertiary/aromatic N) is 4. The van der Waals surface area contributed by atoms with Crippen LogP contribution in [0, 0.1) is 6.92 Å². The van der Waals surface area contributed by atoms with Gasteiger partial charge < -0.3 is 10.1 Å². The number of amides is 1. The number of aryl methyl sites for hydroxylation is 2. The molecule has 148 valence electrons. The Kier molecular flexibility index (Phi) is 5.29. The Balaban J connectivity index is 1.34. The first-order chi connectivity index (χ1) is 14.1. The second-order valence-electron chi connectivity index (χ2n) is 7.01. The maximum Gasteiger partial charge on any atom is 0.226 e. The summed E-state index contributed by atoms with van der Waals surface area (Å²) >= 11 is 0. The van der Waals surface area contributed by atoms with Crippen molar-refractivity contribution in [3.05, 3.63) is 72.2 Å². The number of ether oxygens (including phenoxy) is 1. The fraction of sp³-hybridized carbons (Fsp3) is 0.227. The Hall–Kier alpha value is -3.61. The van der Waals surface area contributed by atoms with E-state index in [0.29, 0.717) is 25.2 Å². The van der Waals surface area contributed by atoms with Gasteiger partial charge in [0.05, 0.1) is 43.8 Å². The molecule has 29 heavy (non-hydrogen) atoms. The molecule has 0 unspecified atom stereocenters. The summed E-state index contributed by atoms with van der Waals surface area (Å²) in [5, 5.41) is 12.6. The number of hydrogen-bond donors (Lipinski definition) is 1. The molecule has 2 aromatic carbocycles. The third-order valence-electron chi connectivity index (χ3n) is 4.74. The molecule has 1 N–H and O–H groups in total. The van der Waals surface area contributed by atoms with Crippen LogP contribution in [0.5, 0.6) is 5.75 Å². The zero-order chi connectivity index (χ0) is 20.2. The average molecular weight is 389 g/mol. The molecule has 0 saturated carbocycles. The fourth-order valence-corrected chi connectivity index (χ4v) is 3.31. The van der Waals surface area contributed by atoms with E-state index in [1.807, 2.05) is 39.8 Å². The molecular weight excluding hydrogens is 366 g/mol. The van der Waals surface area contributed by atoms with Crippen molar-refractivity contribution in [2.24, 2.45) is 0 Å². The van der Waals surface area contributed by atoms with Crippen LogP contribution in [-0.2, 0) is 17.9 Å². The van der Waals surface area contributed by atoms with Gasteiger partial charge in [0.25, 0.3) is 0 Å². The van der Waals surface area contributed by atoms with Gasteiger partial charge in [0, 0.05) is 18.0 Å². The van der Waals surface area contributed by atoms with Crippen LogP contribution in [-0.4, -0.2) is 32.6 Å². The predicted octanol–water partition coefficient (Wildman–Crippen LogP) is 3.63. The highest BCUT2D eigenvalue weighted by Gasteiger charge is 2.09. The first-order valence-electron chi connectivity index (χ1n) is 9.48. The van der Waals surface area contributed by atoms with E-state index in [2.05, 4.69) is 40.6 Å². The van der Waals surface area contributed by atoms with Crippen molar-refractivity contribution in [3.8, 4) is 5.75 Å². The Morgan fingerprint density at radius 2 is 2.03 bits per heavy atom. The predicted molar refractivity (Wildman–Crippen MR) is 112 cm³/mol. The number of fused-ring (bicyclic) bond motifs is 1. The van der Waals surface area contributed by atoms with Crippen LogP contribution in [0.4, 0.5) is 5.69 Å². The molecule has 0 saturated heterocycles. The van der Waals surface area contributed by atoms with Crippen LogP contribution in [0.25, 0.3) is 10.9 Å². The number of carbonyl (C=O) groups excluding carboxylic acids is 1. The molecule has 0 aliphatic carbocycles. The van der Waals surface area contributed by atoms with Gasteiger partial charge in [-0.2, -0.15) is 10.2 Å². The zero-order valence-corrected chi connectivity index (χ0v) is 16.5. The standard InChI is InChI=1S/C22H23N5O2/c1-16-4-3-5-17(10-16)14-26-15-19(13-23-26)25-22(28)8-9-27-21-7-6-20(29-2)11-18(21)12-24-27/h3-7,10-13,15H,8-9,14H2,1-2H3,(H,25,28). The van der Waals surface area contributed by atoms with Crippen molar-refractivity contribution >= 4 is 22.5 Å². The van der Waals surface area contributed by atoms with Crippen molar-refractivity contribution in [3.63, 3.8) is 0 Å². The van der Waals surface area contributed by atoms with E-state index in [1.165, 1.54) is 11.1 Å². The van der Waals surface area contributed by atoms with E-state index < -0.39 is 0 Å². The first-order valence-corrected chi connectivity index (χ1v) is 9.48. The quantitative estimate of drug-likeness (QED) is 0.524. The Morgan fingerprint density at radius 3 is 2.86 bits per heavy atom.